The van der Waals surface area contributed by atoms with Gasteiger partial charge in [-0.15, -0.1) is 0 Å². The molecule has 0 aliphatic carbocycles. The number of carbonyl (C=O) groups excluding carboxylic acids is 1. The zero-order chi connectivity index (χ0) is 15.4. The number of thiophene rings is 1. The molecule has 110 valence electrons. The maximum Gasteiger partial charge on any atom is 0.387 e. The first kappa shape index (κ1) is 14.9. The molecule has 0 radical (unpaired) electrons. The Kier molecular flexibility index (Phi) is 4.43. The number of hydrogen-bond acceptors (Lipinski definition) is 5. The van der Waals surface area contributed by atoms with Gasteiger partial charge in [0, 0.05) is 11.8 Å². The maximum atomic E-state index is 12.0. The van der Waals surface area contributed by atoms with Crippen LogP contribution in [-0.2, 0) is 0 Å². The molecule has 0 aliphatic heterocycles. The van der Waals surface area contributed by atoms with Gasteiger partial charge >= 0.3 is 11.6 Å². The Balaban J connectivity index is 2.03. The van der Waals surface area contributed by atoms with Gasteiger partial charge < -0.3 is 10.1 Å². The fourth-order valence-corrected chi connectivity index (χ4v) is 2.18. The summed E-state index contributed by atoms with van der Waals surface area (Å²) in [6.45, 7) is -2.92. The van der Waals surface area contributed by atoms with Crippen molar-refractivity contribution in [3.63, 3.8) is 0 Å². The van der Waals surface area contributed by atoms with E-state index in [4.69, 9.17) is 0 Å². The molecular formula is C12H8F2N2O4S. The molecule has 0 bridgehead atoms. The first-order valence-corrected chi connectivity index (χ1v) is 6.38. The van der Waals surface area contributed by atoms with Crippen LogP contribution in [0.4, 0.5) is 19.5 Å². The van der Waals surface area contributed by atoms with Crippen molar-refractivity contribution in [2.45, 2.75) is 6.61 Å². The number of alkyl halides is 2. The highest BCUT2D eigenvalue weighted by Crippen LogP contribution is 2.25. The lowest BCUT2D eigenvalue weighted by Crippen LogP contribution is -2.10. The number of nitrogens with zero attached hydrogens (tertiary/aromatic N) is 1. The molecule has 1 N–H and O–H groups in total. The van der Waals surface area contributed by atoms with Crippen molar-refractivity contribution in [3.8, 4) is 5.75 Å². The number of nitro groups is 1. The zero-order valence-electron chi connectivity index (χ0n) is 10.3. The van der Waals surface area contributed by atoms with E-state index in [1.165, 1.54) is 36.4 Å². The zero-order valence-corrected chi connectivity index (χ0v) is 11.1. The molecule has 9 heteroatoms. The van der Waals surface area contributed by atoms with E-state index >= 15 is 0 Å². The Hall–Kier alpha value is -2.55. The molecule has 2 rings (SSSR count). The van der Waals surface area contributed by atoms with Crippen LogP contribution in [0, 0.1) is 10.1 Å². The van der Waals surface area contributed by atoms with Crippen LogP contribution in [-0.4, -0.2) is 17.4 Å². The second kappa shape index (κ2) is 6.27. The van der Waals surface area contributed by atoms with Crippen LogP contribution < -0.4 is 10.1 Å². The van der Waals surface area contributed by atoms with Crippen molar-refractivity contribution in [2.24, 2.45) is 0 Å². The van der Waals surface area contributed by atoms with Crippen molar-refractivity contribution in [1.82, 2.24) is 0 Å². The lowest BCUT2D eigenvalue weighted by atomic mass is 10.3. The molecule has 0 fully saturated rings. The molecule has 6 nitrogen and oxygen atoms in total. The summed E-state index contributed by atoms with van der Waals surface area (Å²) in [6.07, 6.45) is 0. The molecular weight excluding hydrogens is 306 g/mol. The van der Waals surface area contributed by atoms with E-state index in [0.29, 0.717) is 5.69 Å². The summed E-state index contributed by atoms with van der Waals surface area (Å²) in [7, 11) is 0. The Bertz CT molecular complexity index is 658. The van der Waals surface area contributed by atoms with E-state index in [1.807, 2.05) is 0 Å². The summed E-state index contributed by atoms with van der Waals surface area (Å²) < 4.78 is 28.1. The number of benzene rings is 1. The second-order valence-electron chi connectivity index (χ2n) is 3.75. The minimum Gasteiger partial charge on any atom is -0.435 e. The van der Waals surface area contributed by atoms with Gasteiger partial charge in [-0.3, -0.25) is 14.9 Å². The number of anilines is 1. The van der Waals surface area contributed by atoms with Gasteiger partial charge in [-0.2, -0.15) is 8.78 Å². The SMILES string of the molecule is O=C(Nc1ccc(OC(F)F)cc1)c1ccc([N+](=O)[O-])s1. The van der Waals surface area contributed by atoms with Crippen LogP contribution in [0.25, 0.3) is 0 Å². The third kappa shape index (κ3) is 3.96. The number of rotatable bonds is 5. The summed E-state index contributed by atoms with van der Waals surface area (Å²) in [4.78, 5) is 22.0. The van der Waals surface area contributed by atoms with E-state index < -0.39 is 17.4 Å². The maximum absolute atomic E-state index is 12.0. The molecule has 21 heavy (non-hydrogen) atoms. The van der Waals surface area contributed by atoms with Crippen molar-refractivity contribution in [2.75, 3.05) is 5.32 Å². The molecule has 1 heterocycles. The molecule has 0 spiro atoms. The number of hydrogen-bond donors (Lipinski definition) is 1. The van der Waals surface area contributed by atoms with Crippen LogP contribution in [0.15, 0.2) is 36.4 Å². The molecule has 0 saturated carbocycles. The van der Waals surface area contributed by atoms with E-state index in [-0.39, 0.29) is 15.6 Å². The number of amides is 1. The third-order valence-electron chi connectivity index (χ3n) is 2.33. The standard InChI is InChI=1S/C12H8F2N2O4S/c13-12(14)20-8-3-1-7(2-4-8)15-11(17)9-5-6-10(21-9)16(18)19/h1-6,12H,(H,15,17). The average Bonchev–Trinajstić information content (AvgIpc) is 2.90. The van der Waals surface area contributed by atoms with E-state index in [9.17, 15) is 23.7 Å². The minimum atomic E-state index is -2.92. The third-order valence-corrected chi connectivity index (χ3v) is 3.37. The average molecular weight is 314 g/mol. The smallest absolute Gasteiger partial charge is 0.387 e. The largest absolute Gasteiger partial charge is 0.435 e. The first-order chi connectivity index (χ1) is 9.95. The highest BCUT2D eigenvalue weighted by molar-refractivity contribution is 7.17. The van der Waals surface area contributed by atoms with Crippen molar-refractivity contribution >= 4 is 27.9 Å². The lowest BCUT2D eigenvalue weighted by molar-refractivity contribution is -0.380. The topological polar surface area (TPSA) is 81.5 Å². The predicted octanol–water partition coefficient (Wildman–Crippen LogP) is 3.51. The fraction of sp³-hybridized carbons (Fsp3) is 0.0833. The van der Waals surface area contributed by atoms with Crippen LogP contribution in [0.5, 0.6) is 5.75 Å². The summed E-state index contributed by atoms with van der Waals surface area (Å²) >= 11 is 0.745. The molecule has 2 aromatic rings. The van der Waals surface area contributed by atoms with Gasteiger partial charge in [0.2, 0.25) is 0 Å². The van der Waals surface area contributed by atoms with Gasteiger partial charge in [-0.25, -0.2) is 0 Å². The van der Waals surface area contributed by atoms with Crippen molar-refractivity contribution < 1.29 is 23.2 Å². The number of carbonyl (C=O) groups is 1. The molecule has 1 aromatic heterocycles. The molecule has 0 aliphatic rings. The predicted molar refractivity (Wildman–Crippen MR) is 72.0 cm³/mol. The van der Waals surface area contributed by atoms with Crippen LogP contribution in [0.1, 0.15) is 9.67 Å². The van der Waals surface area contributed by atoms with Crippen LogP contribution in [0.3, 0.4) is 0 Å². The van der Waals surface area contributed by atoms with Crippen molar-refractivity contribution in [1.29, 1.82) is 0 Å². The highest BCUT2D eigenvalue weighted by atomic mass is 32.1. The Morgan fingerprint density at radius 1 is 1.24 bits per heavy atom. The summed E-state index contributed by atoms with van der Waals surface area (Å²) in [5.41, 5.74) is 0.359. The van der Waals surface area contributed by atoms with Crippen LogP contribution in [0.2, 0.25) is 0 Å². The molecule has 0 atom stereocenters. The minimum absolute atomic E-state index is 0.0326. The summed E-state index contributed by atoms with van der Waals surface area (Å²) in [5, 5.41) is 12.9. The highest BCUT2D eigenvalue weighted by Gasteiger charge is 2.15. The molecule has 1 aromatic carbocycles. The van der Waals surface area contributed by atoms with Gasteiger partial charge in [-0.1, -0.05) is 11.3 Å². The van der Waals surface area contributed by atoms with Gasteiger partial charge in [-0.05, 0) is 30.3 Å². The van der Waals surface area contributed by atoms with E-state index in [2.05, 4.69) is 10.1 Å². The lowest BCUT2D eigenvalue weighted by Gasteiger charge is -2.06. The number of nitrogens with one attached hydrogen (secondary N) is 1. The number of halogens is 2. The quantitative estimate of drug-likeness (QED) is 0.676. The Labute approximate surface area is 121 Å². The van der Waals surface area contributed by atoms with Crippen molar-refractivity contribution in [3.05, 3.63) is 51.4 Å². The van der Waals surface area contributed by atoms with E-state index in [1.54, 1.807) is 0 Å². The number of ether oxygens (including phenoxy) is 1. The van der Waals surface area contributed by atoms with Crippen LogP contribution >= 0.6 is 11.3 Å². The Morgan fingerprint density at radius 3 is 2.43 bits per heavy atom. The monoisotopic (exact) mass is 314 g/mol. The molecule has 0 unspecified atom stereocenters. The van der Waals surface area contributed by atoms with Gasteiger partial charge in [0.1, 0.15) is 5.75 Å². The van der Waals surface area contributed by atoms with Gasteiger partial charge in [0.25, 0.3) is 5.91 Å². The first-order valence-electron chi connectivity index (χ1n) is 5.56. The molecule has 1 amide bonds. The van der Waals surface area contributed by atoms with E-state index in [0.717, 1.165) is 11.3 Å². The van der Waals surface area contributed by atoms with Gasteiger partial charge in [0.05, 0.1) is 9.80 Å². The summed E-state index contributed by atoms with van der Waals surface area (Å²) in [6, 6.07) is 7.90. The van der Waals surface area contributed by atoms with Gasteiger partial charge in [0.15, 0.2) is 0 Å². The second-order valence-corrected chi connectivity index (χ2v) is 4.81. The fourth-order valence-electron chi connectivity index (χ4n) is 1.46. The molecule has 0 saturated heterocycles. The Morgan fingerprint density at radius 2 is 1.90 bits per heavy atom. The summed E-state index contributed by atoms with van der Waals surface area (Å²) in [5.74, 6) is -0.551. The normalized spacial score (nSPS) is 10.4.